The van der Waals surface area contributed by atoms with E-state index >= 15 is 0 Å². The molecule has 0 amide bonds. The normalized spacial score (nSPS) is 23.9. The van der Waals surface area contributed by atoms with E-state index in [2.05, 4.69) is 28.9 Å². The van der Waals surface area contributed by atoms with Crippen molar-refractivity contribution in [3.05, 3.63) is 70.4 Å². The second-order valence-electron chi connectivity index (χ2n) is 11.1. The van der Waals surface area contributed by atoms with Gasteiger partial charge in [-0.15, -0.1) is 0 Å². The number of benzene rings is 2. The summed E-state index contributed by atoms with van der Waals surface area (Å²) in [4.78, 5) is 19.2. The van der Waals surface area contributed by atoms with Gasteiger partial charge >= 0.3 is 12.1 Å². The number of halogens is 3. The summed E-state index contributed by atoms with van der Waals surface area (Å²) >= 11 is 0. The Morgan fingerprint density at radius 1 is 1.11 bits per heavy atom. The van der Waals surface area contributed by atoms with Crippen molar-refractivity contribution in [3.8, 4) is 0 Å². The molecule has 37 heavy (non-hydrogen) atoms. The lowest BCUT2D eigenvalue weighted by Crippen LogP contribution is -2.59. The molecule has 3 aliphatic rings. The number of nitrogens with one attached hydrogen (secondary N) is 1. The molecule has 8 heteroatoms. The predicted molar refractivity (Wildman–Crippen MR) is 136 cm³/mol. The van der Waals surface area contributed by atoms with Crippen molar-refractivity contribution in [1.82, 2.24) is 14.8 Å². The summed E-state index contributed by atoms with van der Waals surface area (Å²) in [7, 11) is 0. The number of aryl methyl sites for hydroxylation is 1. The SMILES string of the molecule is Cc1cc(C2CC2)c(CN2CC[C@H](N3CC(C(F)(F)F)C3)C[C@H]2c2ccc(C(=O)O)cc2)c2cc[nH]c12. The summed E-state index contributed by atoms with van der Waals surface area (Å²) in [6, 6.07) is 11.6. The van der Waals surface area contributed by atoms with E-state index in [0.717, 1.165) is 37.0 Å². The quantitative estimate of drug-likeness (QED) is 0.411. The Balaban J connectivity index is 1.30. The first-order chi connectivity index (χ1) is 17.7. The number of nitrogens with zero attached hydrogens (tertiary/aromatic N) is 2. The van der Waals surface area contributed by atoms with Crippen molar-refractivity contribution in [2.45, 2.75) is 63.3 Å². The molecule has 2 aromatic carbocycles. The molecule has 2 atom stereocenters. The van der Waals surface area contributed by atoms with Gasteiger partial charge in [0.15, 0.2) is 0 Å². The average molecular weight is 512 g/mol. The number of alkyl halides is 3. The number of carbonyl (C=O) groups is 1. The third kappa shape index (κ3) is 4.66. The van der Waals surface area contributed by atoms with E-state index in [1.54, 1.807) is 12.1 Å². The molecule has 3 aromatic rings. The molecule has 2 N–H and O–H groups in total. The number of aromatic carboxylic acids is 1. The standard InChI is InChI=1S/C29H32F3N3O2/c1-17-12-24(18-2-3-18)25(23-8-10-33-27(17)23)16-34-11-9-22(35-14-21(15-35)29(30,31)32)13-26(34)19-4-6-20(7-5-19)28(36)37/h4-8,10,12,18,21-22,26,33H,2-3,9,11,13-16H2,1H3,(H,36,37)/t22-,26-/m0/s1. The molecule has 5 nitrogen and oxygen atoms in total. The number of carboxylic acids is 1. The number of H-pyrrole nitrogens is 1. The van der Waals surface area contributed by atoms with E-state index in [0.29, 0.717) is 5.92 Å². The Labute approximate surface area is 214 Å². The van der Waals surface area contributed by atoms with Crippen LogP contribution in [0.1, 0.15) is 70.3 Å². The summed E-state index contributed by atoms with van der Waals surface area (Å²) in [5.74, 6) is -1.60. The zero-order chi connectivity index (χ0) is 25.9. The minimum atomic E-state index is -4.13. The lowest BCUT2D eigenvalue weighted by Gasteiger charge is -2.50. The van der Waals surface area contributed by atoms with Crippen molar-refractivity contribution in [1.29, 1.82) is 0 Å². The summed E-state index contributed by atoms with van der Waals surface area (Å²) in [6.07, 6.45) is 1.84. The number of carboxylic acid groups (broad SMARTS) is 1. The van der Waals surface area contributed by atoms with Crippen LogP contribution in [0.3, 0.4) is 0 Å². The molecular formula is C29H32F3N3O2. The summed E-state index contributed by atoms with van der Waals surface area (Å²) in [5, 5.41) is 10.6. The van der Waals surface area contributed by atoms with Crippen molar-refractivity contribution in [2.75, 3.05) is 19.6 Å². The van der Waals surface area contributed by atoms with Gasteiger partial charge in [0.2, 0.25) is 0 Å². The number of piperidine rings is 1. The van der Waals surface area contributed by atoms with Crippen LogP contribution < -0.4 is 0 Å². The fourth-order valence-electron chi connectivity index (χ4n) is 6.36. The number of likely N-dealkylation sites (tertiary alicyclic amines) is 2. The monoisotopic (exact) mass is 511 g/mol. The van der Waals surface area contributed by atoms with Gasteiger partial charge in [-0.05, 0) is 79.0 Å². The number of hydrogen-bond acceptors (Lipinski definition) is 3. The Morgan fingerprint density at radius 3 is 2.49 bits per heavy atom. The third-order valence-corrected chi connectivity index (χ3v) is 8.68. The van der Waals surface area contributed by atoms with Crippen LogP contribution in [0.15, 0.2) is 42.6 Å². The van der Waals surface area contributed by atoms with Crippen LogP contribution in [-0.2, 0) is 6.54 Å². The maximum Gasteiger partial charge on any atom is 0.394 e. The van der Waals surface area contributed by atoms with Gasteiger partial charge in [-0.25, -0.2) is 4.79 Å². The van der Waals surface area contributed by atoms with Crippen LogP contribution in [-0.4, -0.2) is 57.7 Å². The van der Waals surface area contributed by atoms with Gasteiger partial charge in [-0.2, -0.15) is 13.2 Å². The summed E-state index contributed by atoms with van der Waals surface area (Å²) in [6.45, 7) is 3.85. The number of aromatic nitrogens is 1. The zero-order valence-corrected chi connectivity index (χ0v) is 20.9. The largest absolute Gasteiger partial charge is 0.478 e. The highest BCUT2D eigenvalue weighted by Gasteiger charge is 2.49. The van der Waals surface area contributed by atoms with Gasteiger partial charge < -0.3 is 10.1 Å². The Kier molecular flexibility index (Phi) is 6.07. The lowest BCUT2D eigenvalue weighted by molar-refractivity contribution is -0.216. The minimum Gasteiger partial charge on any atom is -0.478 e. The fraction of sp³-hybridized carbons (Fsp3) is 0.483. The second-order valence-corrected chi connectivity index (χ2v) is 11.1. The molecule has 0 spiro atoms. The van der Waals surface area contributed by atoms with Crippen molar-refractivity contribution < 1.29 is 23.1 Å². The number of rotatable bonds is 6. The molecule has 3 heterocycles. The molecule has 0 bridgehead atoms. The maximum atomic E-state index is 13.1. The first-order valence-corrected chi connectivity index (χ1v) is 13.2. The molecular weight excluding hydrogens is 479 g/mol. The highest BCUT2D eigenvalue weighted by atomic mass is 19.4. The molecule has 0 radical (unpaired) electrons. The van der Waals surface area contributed by atoms with E-state index in [1.807, 2.05) is 23.2 Å². The van der Waals surface area contributed by atoms with E-state index in [9.17, 15) is 23.1 Å². The Morgan fingerprint density at radius 2 is 1.84 bits per heavy atom. The molecule has 196 valence electrons. The highest BCUT2D eigenvalue weighted by Crippen LogP contribution is 2.46. The third-order valence-electron chi connectivity index (χ3n) is 8.68. The Hall–Kier alpha value is -2.84. The van der Waals surface area contributed by atoms with Crippen molar-refractivity contribution in [3.63, 3.8) is 0 Å². The van der Waals surface area contributed by atoms with Crippen molar-refractivity contribution >= 4 is 16.9 Å². The molecule has 0 unspecified atom stereocenters. The van der Waals surface area contributed by atoms with E-state index in [4.69, 9.17) is 0 Å². The number of hydrogen-bond donors (Lipinski definition) is 2. The van der Waals surface area contributed by atoms with E-state index in [1.165, 1.54) is 34.9 Å². The van der Waals surface area contributed by atoms with Crippen LogP contribution in [0.25, 0.3) is 10.9 Å². The van der Waals surface area contributed by atoms with Gasteiger partial charge in [0.25, 0.3) is 0 Å². The van der Waals surface area contributed by atoms with Crippen LogP contribution in [0.2, 0.25) is 0 Å². The first-order valence-electron chi connectivity index (χ1n) is 13.2. The van der Waals surface area contributed by atoms with Crippen LogP contribution in [0.4, 0.5) is 13.2 Å². The van der Waals surface area contributed by atoms with Gasteiger partial charge in [0.1, 0.15) is 0 Å². The predicted octanol–water partition coefficient (Wildman–Crippen LogP) is 6.25. The molecule has 3 fully saturated rings. The molecule has 1 saturated carbocycles. The fourth-order valence-corrected chi connectivity index (χ4v) is 6.36. The smallest absolute Gasteiger partial charge is 0.394 e. The molecule has 6 rings (SSSR count). The number of fused-ring (bicyclic) bond motifs is 1. The minimum absolute atomic E-state index is 0.00822. The molecule has 2 saturated heterocycles. The van der Waals surface area contributed by atoms with Gasteiger partial charge in [-0.1, -0.05) is 18.2 Å². The van der Waals surface area contributed by atoms with Gasteiger partial charge in [-0.3, -0.25) is 9.80 Å². The van der Waals surface area contributed by atoms with Crippen LogP contribution in [0, 0.1) is 12.8 Å². The molecule has 1 aliphatic carbocycles. The maximum absolute atomic E-state index is 13.1. The Bertz CT molecular complexity index is 1310. The van der Waals surface area contributed by atoms with E-state index in [-0.39, 0.29) is 30.7 Å². The zero-order valence-electron chi connectivity index (χ0n) is 20.9. The van der Waals surface area contributed by atoms with E-state index < -0.39 is 18.1 Å². The first kappa shape index (κ1) is 24.5. The van der Waals surface area contributed by atoms with Gasteiger partial charge in [0.05, 0.1) is 11.5 Å². The summed E-state index contributed by atoms with van der Waals surface area (Å²) < 4.78 is 39.4. The van der Waals surface area contributed by atoms with Crippen LogP contribution in [0.5, 0.6) is 0 Å². The molecule has 2 aliphatic heterocycles. The molecule has 1 aromatic heterocycles. The van der Waals surface area contributed by atoms with Crippen LogP contribution >= 0.6 is 0 Å². The number of aromatic amines is 1. The second kappa shape index (κ2) is 9.17. The van der Waals surface area contributed by atoms with Gasteiger partial charge in [0, 0.05) is 55.4 Å². The summed E-state index contributed by atoms with van der Waals surface area (Å²) in [5.41, 5.74) is 6.44. The lowest BCUT2D eigenvalue weighted by atomic mass is 9.86. The van der Waals surface area contributed by atoms with Crippen molar-refractivity contribution in [2.24, 2.45) is 5.92 Å². The average Bonchev–Trinajstić information content (AvgIpc) is 3.55. The highest BCUT2D eigenvalue weighted by molar-refractivity contribution is 5.88. The topological polar surface area (TPSA) is 59.6 Å².